The molecule has 3 heterocycles. The van der Waals surface area contributed by atoms with Gasteiger partial charge in [0.1, 0.15) is 11.3 Å². The van der Waals surface area contributed by atoms with Crippen LogP contribution in [0.15, 0.2) is 60.8 Å². The Labute approximate surface area is 216 Å². The number of anilines is 2. The molecule has 3 aromatic rings. The molecule has 186 valence electrons. The predicted octanol–water partition coefficient (Wildman–Crippen LogP) is 5.24. The highest BCUT2D eigenvalue weighted by atomic mass is 32.1. The number of benzene rings is 1. The lowest BCUT2D eigenvalue weighted by Gasteiger charge is -2.28. The third-order valence-electron chi connectivity index (χ3n) is 5.69. The summed E-state index contributed by atoms with van der Waals surface area (Å²) < 4.78 is 5.50. The number of hydrogen-bond acceptors (Lipinski definition) is 6. The highest BCUT2D eigenvalue weighted by Gasteiger charge is 2.31. The molecule has 4 rings (SSSR count). The Bertz CT molecular complexity index is 1270. The Balaban J connectivity index is 1.32. The molecule has 0 bridgehead atoms. The molecule has 7 nitrogen and oxygen atoms in total. The van der Waals surface area contributed by atoms with Crippen molar-refractivity contribution in [2.45, 2.75) is 38.8 Å². The third-order valence-corrected chi connectivity index (χ3v) is 6.69. The minimum atomic E-state index is -0.512. The predicted molar refractivity (Wildman–Crippen MR) is 144 cm³/mol. The number of carbonyl (C=O) groups is 2. The van der Waals surface area contributed by atoms with E-state index in [-0.39, 0.29) is 18.0 Å². The first-order valence-electron chi connectivity index (χ1n) is 11.8. The van der Waals surface area contributed by atoms with Crippen LogP contribution in [0.2, 0.25) is 0 Å². The van der Waals surface area contributed by atoms with Crippen molar-refractivity contribution in [3.8, 4) is 11.8 Å². The number of aromatic nitrogens is 1. The van der Waals surface area contributed by atoms with Crippen molar-refractivity contribution in [3.05, 3.63) is 76.2 Å². The van der Waals surface area contributed by atoms with Gasteiger partial charge in [0.2, 0.25) is 0 Å². The topological polar surface area (TPSA) is 74.8 Å². The van der Waals surface area contributed by atoms with Crippen molar-refractivity contribution >= 4 is 34.7 Å². The number of thiophene rings is 1. The molecule has 1 aliphatic rings. The Morgan fingerprint density at radius 2 is 1.89 bits per heavy atom. The van der Waals surface area contributed by atoms with E-state index in [9.17, 15) is 9.59 Å². The van der Waals surface area contributed by atoms with Gasteiger partial charge in [-0.15, -0.1) is 11.3 Å². The SMILES string of the molecule is CN(C(=O)OC(C)(C)C)C1CCN(c2ccc(NC(=O)c3ccc(C#Cc4ccccn4)s3)cc2)C1. The quantitative estimate of drug-likeness (QED) is 0.494. The molecule has 0 spiro atoms. The summed E-state index contributed by atoms with van der Waals surface area (Å²) in [5.74, 6) is 5.89. The number of nitrogens with one attached hydrogen (secondary N) is 1. The van der Waals surface area contributed by atoms with Gasteiger partial charge in [-0.3, -0.25) is 4.79 Å². The van der Waals surface area contributed by atoms with E-state index in [1.165, 1.54) is 11.3 Å². The maximum Gasteiger partial charge on any atom is 0.410 e. The molecule has 8 heteroatoms. The van der Waals surface area contributed by atoms with Gasteiger partial charge in [-0.1, -0.05) is 6.07 Å². The number of nitrogens with zero attached hydrogens (tertiary/aromatic N) is 3. The molecular formula is C28H30N4O3S. The van der Waals surface area contributed by atoms with Gasteiger partial charge in [-0.25, -0.2) is 9.78 Å². The summed E-state index contributed by atoms with van der Waals surface area (Å²) in [7, 11) is 1.79. The monoisotopic (exact) mass is 502 g/mol. The maximum absolute atomic E-state index is 12.7. The van der Waals surface area contributed by atoms with Gasteiger partial charge in [0, 0.05) is 37.7 Å². The zero-order chi connectivity index (χ0) is 25.7. The normalized spacial score (nSPS) is 15.1. The van der Waals surface area contributed by atoms with E-state index in [2.05, 4.69) is 27.0 Å². The second-order valence-electron chi connectivity index (χ2n) is 9.61. The number of pyridine rings is 1. The summed E-state index contributed by atoms with van der Waals surface area (Å²) in [6, 6.07) is 17.1. The maximum atomic E-state index is 12.7. The van der Waals surface area contributed by atoms with Gasteiger partial charge in [0.25, 0.3) is 5.91 Å². The molecule has 1 saturated heterocycles. The number of likely N-dealkylation sites (N-methyl/N-ethyl adjacent to an activating group) is 1. The molecule has 1 atom stereocenters. The van der Waals surface area contributed by atoms with E-state index in [0.29, 0.717) is 10.6 Å². The van der Waals surface area contributed by atoms with Gasteiger partial charge in [0.05, 0.1) is 15.8 Å². The Hall–Kier alpha value is -3.83. The van der Waals surface area contributed by atoms with Crippen LogP contribution >= 0.6 is 11.3 Å². The fourth-order valence-electron chi connectivity index (χ4n) is 3.81. The van der Waals surface area contributed by atoms with Gasteiger partial charge >= 0.3 is 6.09 Å². The summed E-state index contributed by atoms with van der Waals surface area (Å²) in [5, 5.41) is 2.95. The summed E-state index contributed by atoms with van der Waals surface area (Å²) in [5.41, 5.74) is 1.95. The Morgan fingerprint density at radius 1 is 1.11 bits per heavy atom. The highest BCUT2D eigenvalue weighted by molar-refractivity contribution is 7.14. The molecule has 36 heavy (non-hydrogen) atoms. The Kier molecular flexibility index (Phi) is 7.61. The first-order chi connectivity index (χ1) is 17.2. The number of amides is 2. The molecule has 2 aromatic heterocycles. The summed E-state index contributed by atoms with van der Waals surface area (Å²) >= 11 is 1.35. The van der Waals surface area contributed by atoms with Crippen LogP contribution < -0.4 is 10.2 Å². The first-order valence-corrected chi connectivity index (χ1v) is 12.6. The second kappa shape index (κ2) is 10.8. The lowest BCUT2D eigenvalue weighted by molar-refractivity contribution is 0.0238. The molecule has 2 amide bonds. The fraction of sp³-hybridized carbons (Fsp3) is 0.321. The van der Waals surface area contributed by atoms with Gasteiger partial charge in [-0.05, 0) is 87.6 Å². The lowest BCUT2D eigenvalue weighted by atomic mass is 10.2. The molecule has 0 saturated carbocycles. The standard InChI is InChI=1S/C28H30N4O3S/c1-28(2,3)35-27(34)31(4)23-16-18-32(19-23)22-11-8-21(9-12-22)30-26(33)25-15-14-24(36-25)13-10-20-7-5-6-17-29-20/h5-9,11-12,14-15,17,23H,16,18-19H2,1-4H3,(H,30,33). The third kappa shape index (κ3) is 6.64. The van der Waals surface area contributed by atoms with Crippen LogP contribution in [-0.4, -0.2) is 53.7 Å². The van der Waals surface area contributed by atoms with Gasteiger partial charge < -0.3 is 19.9 Å². The molecule has 1 unspecified atom stereocenters. The summed E-state index contributed by atoms with van der Waals surface area (Å²) in [4.78, 5) is 34.6. The number of hydrogen-bond donors (Lipinski definition) is 1. The minimum absolute atomic E-state index is 0.0908. The summed E-state index contributed by atoms with van der Waals surface area (Å²) in [6.45, 7) is 7.19. The molecule has 0 radical (unpaired) electrons. The van der Waals surface area contributed by atoms with E-state index in [1.54, 1.807) is 24.2 Å². The van der Waals surface area contributed by atoms with E-state index >= 15 is 0 Å². The number of ether oxygens (including phenoxy) is 1. The van der Waals surface area contributed by atoms with Gasteiger partial charge in [-0.2, -0.15) is 0 Å². The average Bonchev–Trinajstić information content (AvgIpc) is 3.53. The van der Waals surface area contributed by atoms with E-state index < -0.39 is 5.60 Å². The molecule has 1 aliphatic heterocycles. The van der Waals surface area contributed by atoms with Crippen molar-refractivity contribution in [2.75, 3.05) is 30.4 Å². The molecular weight excluding hydrogens is 472 g/mol. The zero-order valence-electron chi connectivity index (χ0n) is 20.9. The molecule has 1 aromatic carbocycles. The van der Waals surface area contributed by atoms with Crippen molar-refractivity contribution < 1.29 is 14.3 Å². The van der Waals surface area contributed by atoms with Crippen LogP contribution in [0.3, 0.4) is 0 Å². The average molecular weight is 503 g/mol. The van der Waals surface area contributed by atoms with Crippen LogP contribution in [0.4, 0.5) is 16.2 Å². The molecule has 1 fully saturated rings. The second-order valence-corrected chi connectivity index (χ2v) is 10.7. The highest BCUT2D eigenvalue weighted by Crippen LogP contribution is 2.26. The Morgan fingerprint density at radius 3 is 2.58 bits per heavy atom. The van der Waals surface area contributed by atoms with Crippen molar-refractivity contribution in [3.63, 3.8) is 0 Å². The molecule has 0 aliphatic carbocycles. The minimum Gasteiger partial charge on any atom is -0.444 e. The fourth-order valence-corrected chi connectivity index (χ4v) is 4.57. The van der Waals surface area contributed by atoms with E-state index in [1.807, 2.05) is 69.3 Å². The van der Waals surface area contributed by atoms with Crippen LogP contribution in [0.1, 0.15) is 47.4 Å². The van der Waals surface area contributed by atoms with Crippen molar-refractivity contribution in [1.29, 1.82) is 0 Å². The van der Waals surface area contributed by atoms with Crippen LogP contribution in [0.5, 0.6) is 0 Å². The zero-order valence-corrected chi connectivity index (χ0v) is 21.8. The lowest BCUT2D eigenvalue weighted by Crippen LogP contribution is -2.42. The number of rotatable bonds is 4. The van der Waals surface area contributed by atoms with Crippen LogP contribution in [0, 0.1) is 11.8 Å². The van der Waals surface area contributed by atoms with Crippen LogP contribution in [0.25, 0.3) is 0 Å². The van der Waals surface area contributed by atoms with E-state index in [4.69, 9.17) is 4.74 Å². The van der Waals surface area contributed by atoms with Crippen LogP contribution in [-0.2, 0) is 4.74 Å². The smallest absolute Gasteiger partial charge is 0.410 e. The number of carbonyl (C=O) groups excluding carboxylic acids is 2. The van der Waals surface area contributed by atoms with Gasteiger partial charge in [0.15, 0.2) is 0 Å². The largest absolute Gasteiger partial charge is 0.444 e. The summed E-state index contributed by atoms with van der Waals surface area (Å²) in [6.07, 6.45) is 2.28. The van der Waals surface area contributed by atoms with Crippen molar-refractivity contribution in [1.82, 2.24) is 9.88 Å². The first kappa shape index (κ1) is 25.3. The van der Waals surface area contributed by atoms with E-state index in [0.717, 1.165) is 35.8 Å². The molecule has 1 N–H and O–H groups in total. The van der Waals surface area contributed by atoms with Crippen molar-refractivity contribution in [2.24, 2.45) is 0 Å².